The van der Waals surface area contributed by atoms with Gasteiger partial charge in [0.05, 0.1) is 6.61 Å². The number of benzene rings is 1. The molecule has 0 amide bonds. The summed E-state index contributed by atoms with van der Waals surface area (Å²) in [4.78, 5) is 11.9. The van der Waals surface area contributed by atoms with Crippen molar-refractivity contribution in [2.75, 3.05) is 11.9 Å². The first-order valence-electron chi connectivity index (χ1n) is 5.87. The zero-order chi connectivity index (χ0) is 12.3. The quantitative estimate of drug-likeness (QED) is 0.866. The molecule has 0 saturated heterocycles. The normalized spacial score (nSPS) is 17.1. The van der Waals surface area contributed by atoms with Crippen LogP contribution in [-0.2, 0) is 9.53 Å². The standard InChI is InChI=1S/C13H16BrNO2/c1-2-17-12(16)13(8-3-9-13)15-11-6-4-10(14)5-7-11/h4-7,15H,2-3,8-9H2,1H3. The van der Waals surface area contributed by atoms with Gasteiger partial charge in [0.2, 0.25) is 0 Å². The van der Waals surface area contributed by atoms with Gasteiger partial charge >= 0.3 is 5.97 Å². The van der Waals surface area contributed by atoms with Gasteiger partial charge < -0.3 is 10.1 Å². The van der Waals surface area contributed by atoms with Crippen molar-refractivity contribution in [1.82, 2.24) is 0 Å². The number of hydrogen-bond acceptors (Lipinski definition) is 3. The Morgan fingerprint density at radius 3 is 2.53 bits per heavy atom. The van der Waals surface area contributed by atoms with Gasteiger partial charge in [0, 0.05) is 10.2 Å². The number of hydrogen-bond donors (Lipinski definition) is 1. The molecule has 1 N–H and O–H groups in total. The topological polar surface area (TPSA) is 38.3 Å². The van der Waals surface area contributed by atoms with Crippen LogP contribution >= 0.6 is 15.9 Å². The Labute approximate surface area is 110 Å². The molecule has 92 valence electrons. The summed E-state index contributed by atoms with van der Waals surface area (Å²) in [6, 6.07) is 7.84. The van der Waals surface area contributed by atoms with Crippen LogP contribution in [0.1, 0.15) is 26.2 Å². The average Bonchev–Trinajstić information content (AvgIpc) is 2.26. The molecule has 0 spiro atoms. The van der Waals surface area contributed by atoms with Gasteiger partial charge in [-0.1, -0.05) is 15.9 Å². The first-order valence-corrected chi connectivity index (χ1v) is 6.66. The fourth-order valence-corrected chi connectivity index (χ4v) is 2.25. The van der Waals surface area contributed by atoms with Crippen LogP contribution in [0.3, 0.4) is 0 Å². The minimum absolute atomic E-state index is 0.130. The van der Waals surface area contributed by atoms with Crippen LogP contribution < -0.4 is 5.32 Å². The molecule has 1 saturated carbocycles. The molecule has 0 radical (unpaired) electrons. The Hall–Kier alpha value is -1.03. The Morgan fingerprint density at radius 2 is 2.06 bits per heavy atom. The van der Waals surface area contributed by atoms with Crippen LogP contribution in [0.25, 0.3) is 0 Å². The van der Waals surface area contributed by atoms with Crippen LogP contribution in [0.5, 0.6) is 0 Å². The van der Waals surface area contributed by atoms with Crippen LogP contribution in [-0.4, -0.2) is 18.1 Å². The average molecular weight is 298 g/mol. The lowest BCUT2D eigenvalue weighted by molar-refractivity contribution is -0.151. The lowest BCUT2D eigenvalue weighted by Gasteiger charge is -2.40. The maximum absolute atomic E-state index is 11.9. The summed E-state index contributed by atoms with van der Waals surface area (Å²) in [6.07, 6.45) is 2.77. The van der Waals surface area contributed by atoms with E-state index in [4.69, 9.17) is 4.74 Å². The van der Waals surface area contributed by atoms with E-state index >= 15 is 0 Å². The molecule has 1 aromatic carbocycles. The third-order valence-corrected chi connectivity index (χ3v) is 3.63. The van der Waals surface area contributed by atoms with E-state index in [1.807, 2.05) is 31.2 Å². The molecule has 0 aliphatic heterocycles. The van der Waals surface area contributed by atoms with E-state index in [0.717, 1.165) is 29.4 Å². The Balaban J connectivity index is 2.09. The summed E-state index contributed by atoms with van der Waals surface area (Å²) in [7, 11) is 0. The first kappa shape index (κ1) is 12.4. The minimum Gasteiger partial charge on any atom is -0.464 e. The van der Waals surface area contributed by atoms with Crippen molar-refractivity contribution in [2.45, 2.75) is 31.7 Å². The van der Waals surface area contributed by atoms with E-state index in [0.29, 0.717) is 6.61 Å². The van der Waals surface area contributed by atoms with E-state index in [2.05, 4.69) is 21.2 Å². The highest BCUT2D eigenvalue weighted by atomic mass is 79.9. The largest absolute Gasteiger partial charge is 0.464 e. The van der Waals surface area contributed by atoms with Gasteiger partial charge in [0.25, 0.3) is 0 Å². The maximum Gasteiger partial charge on any atom is 0.331 e. The van der Waals surface area contributed by atoms with E-state index in [1.165, 1.54) is 0 Å². The van der Waals surface area contributed by atoms with Crippen LogP contribution in [0.2, 0.25) is 0 Å². The summed E-state index contributed by atoms with van der Waals surface area (Å²) >= 11 is 3.39. The second-order valence-corrected chi connectivity index (χ2v) is 5.20. The van der Waals surface area contributed by atoms with Crippen LogP contribution in [0.4, 0.5) is 5.69 Å². The van der Waals surface area contributed by atoms with Crippen molar-refractivity contribution in [1.29, 1.82) is 0 Å². The van der Waals surface area contributed by atoms with Crippen LogP contribution in [0.15, 0.2) is 28.7 Å². The van der Waals surface area contributed by atoms with Gasteiger partial charge in [-0.25, -0.2) is 4.79 Å². The van der Waals surface area contributed by atoms with Gasteiger partial charge in [-0.2, -0.15) is 0 Å². The summed E-state index contributed by atoms with van der Waals surface area (Å²) < 4.78 is 6.16. The molecule has 2 rings (SSSR count). The molecule has 1 aliphatic carbocycles. The highest BCUT2D eigenvalue weighted by Gasteiger charge is 2.45. The van der Waals surface area contributed by atoms with E-state index in [9.17, 15) is 4.79 Å². The molecule has 4 heteroatoms. The molecule has 0 unspecified atom stereocenters. The maximum atomic E-state index is 11.9. The molecule has 17 heavy (non-hydrogen) atoms. The first-order chi connectivity index (χ1) is 8.16. The van der Waals surface area contributed by atoms with Crippen molar-refractivity contribution in [3.8, 4) is 0 Å². The highest BCUT2D eigenvalue weighted by molar-refractivity contribution is 9.10. The zero-order valence-corrected chi connectivity index (χ0v) is 11.4. The Bertz CT molecular complexity index is 398. The summed E-state index contributed by atoms with van der Waals surface area (Å²) in [5.74, 6) is -0.130. The third kappa shape index (κ3) is 2.63. The van der Waals surface area contributed by atoms with Crippen molar-refractivity contribution < 1.29 is 9.53 Å². The smallest absolute Gasteiger partial charge is 0.331 e. The fourth-order valence-electron chi connectivity index (χ4n) is 1.99. The SMILES string of the molecule is CCOC(=O)C1(Nc2ccc(Br)cc2)CCC1. The summed E-state index contributed by atoms with van der Waals surface area (Å²) in [6.45, 7) is 2.27. The van der Waals surface area contributed by atoms with E-state index in [1.54, 1.807) is 0 Å². The summed E-state index contributed by atoms with van der Waals surface area (Å²) in [5.41, 5.74) is 0.463. The molecule has 0 heterocycles. The predicted octanol–water partition coefficient (Wildman–Crippen LogP) is 3.35. The molecule has 3 nitrogen and oxygen atoms in total. The van der Waals surface area contributed by atoms with Crippen molar-refractivity contribution in [3.05, 3.63) is 28.7 Å². The highest BCUT2D eigenvalue weighted by Crippen LogP contribution is 2.36. The number of nitrogens with one attached hydrogen (secondary N) is 1. The van der Waals surface area contributed by atoms with Gasteiger partial charge in [0.15, 0.2) is 0 Å². The fraction of sp³-hybridized carbons (Fsp3) is 0.462. The second kappa shape index (κ2) is 5.08. The lowest BCUT2D eigenvalue weighted by atomic mass is 9.76. The van der Waals surface area contributed by atoms with Crippen molar-refractivity contribution in [3.63, 3.8) is 0 Å². The van der Waals surface area contributed by atoms with E-state index < -0.39 is 5.54 Å². The van der Waals surface area contributed by atoms with Gasteiger partial charge in [0.1, 0.15) is 5.54 Å². The van der Waals surface area contributed by atoms with Gasteiger partial charge in [-0.3, -0.25) is 0 Å². The second-order valence-electron chi connectivity index (χ2n) is 4.29. The molecule has 1 aliphatic rings. The number of carbonyl (C=O) groups is 1. The Morgan fingerprint density at radius 1 is 1.41 bits per heavy atom. The third-order valence-electron chi connectivity index (χ3n) is 3.10. The molecular weight excluding hydrogens is 282 g/mol. The number of esters is 1. The molecule has 1 aromatic rings. The monoisotopic (exact) mass is 297 g/mol. The van der Waals surface area contributed by atoms with Crippen molar-refractivity contribution >= 4 is 27.6 Å². The number of ether oxygens (including phenoxy) is 1. The molecular formula is C13H16BrNO2. The Kier molecular flexibility index (Phi) is 3.72. The molecule has 0 aromatic heterocycles. The minimum atomic E-state index is -0.496. The number of rotatable bonds is 4. The number of halogens is 1. The molecule has 0 bridgehead atoms. The number of anilines is 1. The number of carbonyl (C=O) groups excluding carboxylic acids is 1. The van der Waals surface area contributed by atoms with Crippen molar-refractivity contribution in [2.24, 2.45) is 0 Å². The zero-order valence-electron chi connectivity index (χ0n) is 9.83. The molecule has 0 atom stereocenters. The predicted molar refractivity (Wildman–Crippen MR) is 71.0 cm³/mol. The van der Waals surface area contributed by atoms with Gasteiger partial charge in [-0.15, -0.1) is 0 Å². The van der Waals surface area contributed by atoms with E-state index in [-0.39, 0.29) is 5.97 Å². The lowest BCUT2D eigenvalue weighted by Crippen LogP contribution is -2.53. The van der Waals surface area contributed by atoms with Gasteiger partial charge in [-0.05, 0) is 50.5 Å². The van der Waals surface area contributed by atoms with Crippen LogP contribution in [0, 0.1) is 0 Å². The summed E-state index contributed by atoms with van der Waals surface area (Å²) in [5, 5.41) is 3.31. The molecule has 1 fully saturated rings.